The zero-order chi connectivity index (χ0) is 14.9. The summed E-state index contributed by atoms with van der Waals surface area (Å²) in [4.78, 5) is 14.1. The minimum Gasteiger partial charge on any atom is -0.347 e. The van der Waals surface area contributed by atoms with E-state index in [1.165, 1.54) is 12.1 Å². The summed E-state index contributed by atoms with van der Waals surface area (Å²) in [6, 6.07) is 6.20. The normalized spacial score (nSPS) is 24.5. The molecule has 1 amide bonds. The zero-order valence-electron chi connectivity index (χ0n) is 12.2. The fourth-order valence-electron chi connectivity index (χ4n) is 3.00. The highest BCUT2D eigenvalue weighted by Gasteiger charge is 2.43. The van der Waals surface area contributed by atoms with Crippen molar-refractivity contribution in [3.63, 3.8) is 0 Å². The van der Waals surface area contributed by atoms with Crippen LogP contribution in [0.25, 0.3) is 0 Å². The zero-order valence-corrected chi connectivity index (χ0v) is 12.2. The van der Waals surface area contributed by atoms with Gasteiger partial charge in [0, 0.05) is 25.9 Å². The predicted molar refractivity (Wildman–Crippen MR) is 75.1 cm³/mol. The predicted octanol–water partition coefficient (Wildman–Crippen LogP) is 2.12. The first-order chi connectivity index (χ1) is 10.1. The maximum Gasteiger partial charge on any atom is 0.226 e. The monoisotopic (exact) mass is 293 g/mol. The number of amides is 1. The minimum absolute atomic E-state index is 0.0292. The Bertz CT molecular complexity index is 526. The molecule has 1 aromatic carbocycles. The van der Waals surface area contributed by atoms with Crippen LogP contribution in [-0.2, 0) is 20.7 Å². The van der Waals surface area contributed by atoms with E-state index < -0.39 is 5.79 Å². The van der Waals surface area contributed by atoms with Crippen LogP contribution in [0, 0.1) is 5.82 Å². The summed E-state index contributed by atoms with van der Waals surface area (Å²) in [5, 5.41) is 0. The van der Waals surface area contributed by atoms with E-state index >= 15 is 0 Å². The highest BCUT2D eigenvalue weighted by atomic mass is 19.1. The summed E-state index contributed by atoms with van der Waals surface area (Å²) >= 11 is 0. The Morgan fingerprint density at radius 2 is 2.19 bits per heavy atom. The molecule has 0 N–H and O–H groups in total. The van der Waals surface area contributed by atoms with Gasteiger partial charge in [-0.25, -0.2) is 4.39 Å². The van der Waals surface area contributed by atoms with Gasteiger partial charge in [-0.1, -0.05) is 12.1 Å². The van der Waals surface area contributed by atoms with Crippen LogP contribution in [0.4, 0.5) is 4.39 Å². The van der Waals surface area contributed by atoms with E-state index in [2.05, 4.69) is 0 Å². The maximum atomic E-state index is 13.1. The van der Waals surface area contributed by atoms with E-state index in [0.717, 1.165) is 0 Å². The molecule has 2 saturated heterocycles. The standard InChI is InChI=1S/C16H20FNO3/c1-12-11-20-16(21-12)5-7-18(8-6-16)15(19)10-13-3-2-4-14(17)9-13/h2-4,9,12H,5-8,10-11H2,1H3. The molecule has 1 aromatic rings. The van der Waals surface area contributed by atoms with Gasteiger partial charge in [0.05, 0.1) is 19.1 Å². The van der Waals surface area contributed by atoms with Gasteiger partial charge < -0.3 is 14.4 Å². The van der Waals surface area contributed by atoms with Crippen molar-refractivity contribution in [1.29, 1.82) is 0 Å². The summed E-state index contributed by atoms with van der Waals surface area (Å²) in [6.45, 7) is 3.87. The first kappa shape index (κ1) is 14.5. The number of benzene rings is 1. The highest BCUT2D eigenvalue weighted by molar-refractivity contribution is 5.78. The summed E-state index contributed by atoms with van der Waals surface area (Å²) in [5.74, 6) is -0.768. The molecule has 2 fully saturated rings. The second-order valence-corrected chi connectivity index (χ2v) is 5.84. The van der Waals surface area contributed by atoms with Gasteiger partial charge in [-0.3, -0.25) is 4.79 Å². The molecule has 1 atom stereocenters. The molecule has 0 aromatic heterocycles. The van der Waals surface area contributed by atoms with Crippen LogP contribution < -0.4 is 0 Å². The Labute approximate surface area is 123 Å². The number of carbonyl (C=O) groups is 1. The lowest BCUT2D eigenvalue weighted by molar-refractivity contribution is -0.194. The van der Waals surface area contributed by atoms with Crippen LogP contribution in [0.3, 0.4) is 0 Å². The van der Waals surface area contributed by atoms with E-state index in [1.54, 1.807) is 12.1 Å². The molecule has 0 saturated carbocycles. The highest BCUT2D eigenvalue weighted by Crippen LogP contribution is 2.34. The molecule has 114 valence electrons. The fraction of sp³-hybridized carbons (Fsp3) is 0.562. The van der Waals surface area contributed by atoms with E-state index in [1.807, 2.05) is 11.8 Å². The van der Waals surface area contributed by atoms with E-state index in [4.69, 9.17) is 9.47 Å². The Kier molecular flexibility index (Phi) is 3.95. The molecule has 1 unspecified atom stereocenters. The summed E-state index contributed by atoms with van der Waals surface area (Å²) in [7, 11) is 0. The van der Waals surface area contributed by atoms with Crippen molar-refractivity contribution in [3.05, 3.63) is 35.6 Å². The van der Waals surface area contributed by atoms with Crippen LogP contribution in [0.5, 0.6) is 0 Å². The molecule has 1 spiro atoms. The van der Waals surface area contributed by atoms with Gasteiger partial charge in [0.1, 0.15) is 5.82 Å². The van der Waals surface area contributed by atoms with E-state index in [0.29, 0.717) is 38.1 Å². The summed E-state index contributed by atoms with van der Waals surface area (Å²) in [5.41, 5.74) is 0.710. The summed E-state index contributed by atoms with van der Waals surface area (Å²) in [6.07, 6.45) is 1.76. The third kappa shape index (κ3) is 3.24. The maximum absolute atomic E-state index is 13.1. The van der Waals surface area contributed by atoms with Crippen LogP contribution in [0.15, 0.2) is 24.3 Å². The Morgan fingerprint density at radius 1 is 1.43 bits per heavy atom. The second kappa shape index (κ2) is 5.73. The molecular formula is C16H20FNO3. The number of nitrogens with zero attached hydrogens (tertiary/aromatic N) is 1. The molecule has 0 aliphatic carbocycles. The molecule has 0 radical (unpaired) electrons. The van der Waals surface area contributed by atoms with Crippen LogP contribution >= 0.6 is 0 Å². The van der Waals surface area contributed by atoms with Crippen molar-refractivity contribution in [2.75, 3.05) is 19.7 Å². The molecule has 3 rings (SSSR count). The summed E-state index contributed by atoms with van der Waals surface area (Å²) < 4.78 is 24.7. The van der Waals surface area contributed by atoms with E-state index in [-0.39, 0.29) is 24.2 Å². The third-order valence-corrected chi connectivity index (χ3v) is 4.12. The molecule has 2 heterocycles. The van der Waals surface area contributed by atoms with Crippen LogP contribution in [-0.4, -0.2) is 42.4 Å². The lowest BCUT2D eigenvalue weighted by atomic mass is 10.0. The van der Waals surface area contributed by atoms with Gasteiger partial charge in [0.25, 0.3) is 0 Å². The Morgan fingerprint density at radius 3 is 2.81 bits per heavy atom. The largest absolute Gasteiger partial charge is 0.347 e. The average molecular weight is 293 g/mol. The second-order valence-electron chi connectivity index (χ2n) is 5.84. The van der Waals surface area contributed by atoms with Crippen molar-refractivity contribution in [2.24, 2.45) is 0 Å². The molecule has 2 aliphatic rings. The topological polar surface area (TPSA) is 38.8 Å². The smallest absolute Gasteiger partial charge is 0.226 e. The van der Waals surface area contributed by atoms with Gasteiger partial charge in [0.15, 0.2) is 5.79 Å². The third-order valence-electron chi connectivity index (χ3n) is 4.12. The first-order valence-electron chi connectivity index (χ1n) is 7.40. The number of hydrogen-bond donors (Lipinski definition) is 0. The van der Waals surface area contributed by atoms with Crippen molar-refractivity contribution < 1.29 is 18.7 Å². The number of piperidine rings is 1. The van der Waals surface area contributed by atoms with Crippen molar-refractivity contribution >= 4 is 5.91 Å². The quantitative estimate of drug-likeness (QED) is 0.838. The molecule has 4 nitrogen and oxygen atoms in total. The SMILES string of the molecule is CC1COC2(CCN(C(=O)Cc3cccc(F)c3)CC2)O1. The number of ether oxygens (including phenoxy) is 2. The number of hydrogen-bond acceptors (Lipinski definition) is 3. The average Bonchev–Trinajstić information content (AvgIpc) is 2.80. The lowest BCUT2D eigenvalue weighted by Gasteiger charge is -2.37. The molecular weight excluding hydrogens is 273 g/mol. The van der Waals surface area contributed by atoms with Crippen LogP contribution in [0.2, 0.25) is 0 Å². The first-order valence-corrected chi connectivity index (χ1v) is 7.40. The molecule has 5 heteroatoms. The number of carbonyl (C=O) groups excluding carboxylic acids is 1. The minimum atomic E-state index is -0.491. The molecule has 0 bridgehead atoms. The fourth-order valence-corrected chi connectivity index (χ4v) is 3.00. The van der Waals surface area contributed by atoms with Crippen molar-refractivity contribution in [2.45, 2.75) is 38.1 Å². The van der Waals surface area contributed by atoms with Gasteiger partial charge in [-0.05, 0) is 24.6 Å². The number of rotatable bonds is 2. The van der Waals surface area contributed by atoms with Gasteiger partial charge in [-0.15, -0.1) is 0 Å². The molecule has 21 heavy (non-hydrogen) atoms. The van der Waals surface area contributed by atoms with Crippen LogP contribution in [0.1, 0.15) is 25.3 Å². The van der Waals surface area contributed by atoms with Gasteiger partial charge >= 0.3 is 0 Å². The van der Waals surface area contributed by atoms with E-state index in [9.17, 15) is 9.18 Å². The number of halogens is 1. The number of likely N-dealkylation sites (tertiary alicyclic amines) is 1. The van der Waals surface area contributed by atoms with Gasteiger partial charge in [0.2, 0.25) is 5.91 Å². The molecule has 2 aliphatic heterocycles. The van der Waals surface area contributed by atoms with Crippen molar-refractivity contribution in [3.8, 4) is 0 Å². The van der Waals surface area contributed by atoms with Gasteiger partial charge in [-0.2, -0.15) is 0 Å². The Balaban J connectivity index is 1.56. The van der Waals surface area contributed by atoms with Crippen molar-refractivity contribution in [1.82, 2.24) is 4.90 Å². The Hall–Kier alpha value is -1.46. The lowest BCUT2D eigenvalue weighted by Crippen LogP contribution is -2.47.